The van der Waals surface area contributed by atoms with Gasteiger partial charge in [-0.3, -0.25) is 4.98 Å². The van der Waals surface area contributed by atoms with Gasteiger partial charge in [0.15, 0.2) is 11.4 Å². The first-order valence-electron chi connectivity index (χ1n) is 8.92. The third-order valence-corrected chi connectivity index (χ3v) is 4.55. The van der Waals surface area contributed by atoms with E-state index in [1.165, 1.54) is 0 Å². The Hall–Kier alpha value is -3.71. The molecule has 7 heteroatoms. The Morgan fingerprint density at radius 3 is 2.82 bits per heavy atom. The molecular weight excluding hydrogens is 354 g/mol. The van der Waals surface area contributed by atoms with Crippen molar-refractivity contribution in [2.24, 2.45) is 5.73 Å². The Bertz CT molecular complexity index is 1210. The fourth-order valence-corrected chi connectivity index (χ4v) is 3.16. The number of furan rings is 1. The molecule has 138 valence electrons. The zero-order chi connectivity index (χ0) is 18.9. The second kappa shape index (κ2) is 6.79. The van der Waals surface area contributed by atoms with Crippen LogP contribution in [0.3, 0.4) is 0 Å². The van der Waals surface area contributed by atoms with Gasteiger partial charge in [0.05, 0.1) is 6.20 Å². The molecule has 0 fully saturated rings. The largest absolute Gasteiger partial charge is 0.467 e. The van der Waals surface area contributed by atoms with Crippen molar-refractivity contribution in [2.75, 3.05) is 6.54 Å². The summed E-state index contributed by atoms with van der Waals surface area (Å²) in [6.07, 6.45) is 4.86. The van der Waals surface area contributed by atoms with Gasteiger partial charge in [-0.25, -0.2) is 9.50 Å². The van der Waals surface area contributed by atoms with Crippen LogP contribution < -0.4 is 10.5 Å². The smallest absolute Gasteiger partial charge is 0.232 e. The number of rotatable bonds is 5. The number of nitrogens with zero attached hydrogens (tertiary/aromatic N) is 4. The molecule has 7 nitrogen and oxygen atoms in total. The van der Waals surface area contributed by atoms with Crippen LogP contribution in [0.5, 0.6) is 5.88 Å². The number of para-hydroxylation sites is 1. The number of benzene rings is 1. The zero-order valence-corrected chi connectivity index (χ0v) is 14.9. The lowest BCUT2D eigenvalue weighted by atomic mass is 10.1. The molecule has 0 aliphatic heterocycles. The highest BCUT2D eigenvalue weighted by Gasteiger charge is 2.16. The van der Waals surface area contributed by atoms with Crippen molar-refractivity contribution in [3.63, 3.8) is 0 Å². The minimum Gasteiger partial charge on any atom is -0.467 e. The van der Waals surface area contributed by atoms with E-state index in [4.69, 9.17) is 14.9 Å². The highest BCUT2D eigenvalue weighted by atomic mass is 16.5. The number of fused-ring (bicyclic) bond motifs is 2. The molecule has 1 atom stereocenters. The van der Waals surface area contributed by atoms with Crippen molar-refractivity contribution in [2.45, 2.75) is 6.10 Å². The zero-order valence-electron chi connectivity index (χ0n) is 14.9. The van der Waals surface area contributed by atoms with Crippen LogP contribution in [0.1, 0.15) is 11.7 Å². The second-order valence-electron chi connectivity index (χ2n) is 6.36. The average molecular weight is 371 g/mol. The van der Waals surface area contributed by atoms with E-state index in [0.717, 1.165) is 22.2 Å². The van der Waals surface area contributed by atoms with Crippen LogP contribution in [0.2, 0.25) is 0 Å². The van der Waals surface area contributed by atoms with Gasteiger partial charge < -0.3 is 14.9 Å². The topological polar surface area (TPSA) is 91.5 Å². The summed E-state index contributed by atoms with van der Waals surface area (Å²) in [6, 6.07) is 17.3. The highest BCUT2D eigenvalue weighted by molar-refractivity contribution is 5.82. The number of nitrogens with two attached hydrogens (primary N) is 1. The molecule has 0 radical (unpaired) electrons. The molecule has 4 aromatic heterocycles. The van der Waals surface area contributed by atoms with Gasteiger partial charge in [0.2, 0.25) is 5.88 Å². The summed E-state index contributed by atoms with van der Waals surface area (Å²) < 4.78 is 13.7. The quantitative estimate of drug-likeness (QED) is 0.507. The van der Waals surface area contributed by atoms with Crippen molar-refractivity contribution < 1.29 is 9.15 Å². The van der Waals surface area contributed by atoms with E-state index in [2.05, 4.69) is 15.1 Å². The molecule has 5 aromatic rings. The number of hydrogen-bond acceptors (Lipinski definition) is 6. The van der Waals surface area contributed by atoms with Crippen molar-refractivity contribution in [3.05, 3.63) is 78.8 Å². The first-order valence-corrected chi connectivity index (χ1v) is 8.92. The van der Waals surface area contributed by atoms with Crippen molar-refractivity contribution in [1.82, 2.24) is 19.6 Å². The SMILES string of the molecule is NCC(Oc1ccc2ncc(-c3cc4ccccc4o3)n2n1)c1cccnc1. The van der Waals surface area contributed by atoms with E-state index in [0.29, 0.717) is 23.8 Å². The van der Waals surface area contributed by atoms with E-state index < -0.39 is 0 Å². The van der Waals surface area contributed by atoms with Crippen LogP contribution in [0.15, 0.2) is 77.6 Å². The lowest BCUT2D eigenvalue weighted by Crippen LogP contribution is -2.19. The maximum absolute atomic E-state index is 6.02. The molecule has 28 heavy (non-hydrogen) atoms. The normalized spacial score (nSPS) is 12.5. The summed E-state index contributed by atoms with van der Waals surface area (Å²) in [4.78, 5) is 8.54. The lowest BCUT2D eigenvalue weighted by molar-refractivity contribution is 0.202. The summed E-state index contributed by atoms with van der Waals surface area (Å²) in [6.45, 7) is 0.311. The van der Waals surface area contributed by atoms with Gasteiger partial charge in [-0.15, -0.1) is 5.10 Å². The summed E-state index contributed by atoms with van der Waals surface area (Å²) in [5.74, 6) is 1.14. The van der Waals surface area contributed by atoms with E-state index in [1.54, 1.807) is 29.2 Å². The molecule has 0 saturated carbocycles. The Kier molecular flexibility index (Phi) is 3.99. The fraction of sp³-hybridized carbons (Fsp3) is 0.0952. The number of aromatic nitrogens is 4. The van der Waals surface area contributed by atoms with Crippen LogP contribution >= 0.6 is 0 Å². The van der Waals surface area contributed by atoms with Crippen LogP contribution in [0.4, 0.5) is 0 Å². The summed E-state index contributed by atoms with van der Waals surface area (Å²) in [7, 11) is 0. The number of imidazole rings is 1. The Morgan fingerprint density at radius 2 is 2.00 bits per heavy atom. The van der Waals surface area contributed by atoms with Gasteiger partial charge in [0, 0.05) is 36.0 Å². The molecule has 0 saturated heterocycles. The number of hydrogen-bond donors (Lipinski definition) is 1. The summed E-state index contributed by atoms with van der Waals surface area (Å²) in [5.41, 5.74) is 9.07. The minimum absolute atomic E-state index is 0.311. The van der Waals surface area contributed by atoms with E-state index >= 15 is 0 Å². The highest BCUT2D eigenvalue weighted by Crippen LogP contribution is 2.28. The molecule has 0 bridgehead atoms. The van der Waals surface area contributed by atoms with Gasteiger partial charge in [0.1, 0.15) is 17.4 Å². The van der Waals surface area contributed by atoms with Crippen LogP contribution in [0.25, 0.3) is 28.1 Å². The molecule has 0 amide bonds. The molecule has 5 rings (SSSR count). The van der Waals surface area contributed by atoms with Gasteiger partial charge in [0.25, 0.3) is 0 Å². The van der Waals surface area contributed by atoms with Crippen LogP contribution in [0, 0.1) is 0 Å². The molecule has 0 aliphatic carbocycles. The molecule has 1 aromatic carbocycles. The van der Waals surface area contributed by atoms with Crippen LogP contribution in [-0.2, 0) is 0 Å². The van der Waals surface area contributed by atoms with Crippen molar-refractivity contribution in [3.8, 4) is 17.3 Å². The average Bonchev–Trinajstić information content (AvgIpc) is 3.36. The van der Waals surface area contributed by atoms with Crippen LogP contribution in [-0.4, -0.2) is 26.1 Å². The molecule has 0 spiro atoms. The molecular formula is C21H17N5O2. The summed E-state index contributed by atoms with van der Waals surface area (Å²) >= 11 is 0. The predicted molar refractivity (Wildman–Crippen MR) is 105 cm³/mol. The van der Waals surface area contributed by atoms with E-state index in [-0.39, 0.29) is 6.10 Å². The van der Waals surface area contributed by atoms with Crippen molar-refractivity contribution in [1.29, 1.82) is 0 Å². The predicted octanol–water partition coefficient (Wildman–Crippen LogP) is 3.62. The van der Waals surface area contributed by atoms with Gasteiger partial charge in [-0.05, 0) is 24.3 Å². The van der Waals surface area contributed by atoms with Gasteiger partial charge in [-0.1, -0.05) is 24.3 Å². The van der Waals surface area contributed by atoms with Gasteiger partial charge >= 0.3 is 0 Å². The Labute approximate surface area is 160 Å². The lowest BCUT2D eigenvalue weighted by Gasteiger charge is -2.16. The minimum atomic E-state index is -0.336. The number of ether oxygens (including phenoxy) is 1. The first kappa shape index (κ1) is 16.5. The fourth-order valence-electron chi connectivity index (χ4n) is 3.16. The third kappa shape index (κ3) is 2.87. The Balaban J connectivity index is 1.53. The molecule has 2 N–H and O–H groups in total. The maximum atomic E-state index is 6.02. The number of pyridine rings is 1. The summed E-state index contributed by atoms with van der Waals surface area (Å²) in [5, 5.41) is 5.62. The molecule has 1 unspecified atom stereocenters. The van der Waals surface area contributed by atoms with Crippen molar-refractivity contribution >= 4 is 16.6 Å². The standard InChI is InChI=1S/C21H17N5O2/c22-11-19(15-5-3-9-23-12-15)28-21-8-7-20-24-13-16(26(20)25-21)18-10-14-4-1-2-6-17(14)27-18/h1-10,12-13,19H,11,22H2. The monoisotopic (exact) mass is 371 g/mol. The molecule has 4 heterocycles. The molecule has 0 aliphatic rings. The van der Waals surface area contributed by atoms with E-state index in [1.807, 2.05) is 48.5 Å². The van der Waals surface area contributed by atoms with E-state index in [9.17, 15) is 0 Å². The third-order valence-electron chi connectivity index (χ3n) is 4.55. The first-order chi connectivity index (χ1) is 13.8. The van der Waals surface area contributed by atoms with Gasteiger partial charge in [-0.2, -0.15) is 0 Å². The second-order valence-corrected chi connectivity index (χ2v) is 6.36. The Morgan fingerprint density at radius 1 is 1.07 bits per heavy atom. The maximum Gasteiger partial charge on any atom is 0.232 e.